The van der Waals surface area contributed by atoms with Crippen LogP contribution in [0.1, 0.15) is 0 Å². The molecule has 1 N–H and O–H groups in total. The Morgan fingerprint density at radius 2 is 1.90 bits per heavy atom. The molecule has 0 radical (unpaired) electrons. The van der Waals surface area contributed by atoms with Crippen molar-refractivity contribution in [3.05, 3.63) is 71.0 Å². The van der Waals surface area contributed by atoms with Gasteiger partial charge in [0.05, 0.1) is 5.69 Å². The Labute approximate surface area is 114 Å². The van der Waals surface area contributed by atoms with E-state index in [-0.39, 0.29) is 11.4 Å². The Bertz CT molecular complexity index is 799. The predicted molar refractivity (Wildman–Crippen MR) is 73.5 cm³/mol. The summed E-state index contributed by atoms with van der Waals surface area (Å²) in [6, 6.07) is 10.9. The van der Waals surface area contributed by atoms with Gasteiger partial charge in [0, 0.05) is 29.6 Å². The summed E-state index contributed by atoms with van der Waals surface area (Å²) in [5.41, 5.74) is 1.46. The zero-order valence-electron chi connectivity index (χ0n) is 10.4. The third-order valence-corrected chi connectivity index (χ3v) is 2.80. The van der Waals surface area contributed by atoms with Crippen molar-refractivity contribution in [1.82, 2.24) is 15.0 Å². The van der Waals surface area contributed by atoms with Crippen molar-refractivity contribution in [3.8, 4) is 22.6 Å². The van der Waals surface area contributed by atoms with Crippen LogP contribution in [0, 0.1) is 5.82 Å². The summed E-state index contributed by atoms with van der Waals surface area (Å²) in [5, 5.41) is 0. The second-order valence-corrected chi connectivity index (χ2v) is 4.23. The van der Waals surface area contributed by atoms with Gasteiger partial charge in [-0.2, -0.15) is 0 Å². The summed E-state index contributed by atoms with van der Waals surface area (Å²) in [6.45, 7) is 0. The number of nitrogens with zero attached hydrogens (tertiary/aromatic N) is 2. The molecular formula is C15H10FN3O. The van der Waals surface area contributed by atoms with Gasteiger partial charge in [0.15, 0.2) is 0 Å². The first kappa shape index (κ1) is 12.2. The van der Waals surface area contributed by atoms with E-state index in [0.717, 1.165) is 5.56 Å². The fourth-order valence-corrected chi connectivity index (χ4v) is 1.89. The lowest BCUT2D eigenvalue weighted by Gasteiger charge is -2.04. The van der Waals surface area contributed by atoms with Crippen LogP contribution in [-0.4, -0.2) is 15.0 Å². The molecule has 0 fully saturated rings. The quantitative estimate of drug-likeness (QED) is 0.776. The Balaban J connectivity index is 2.15. The molecule has 0 atom stereocenters. The highest BCUT2D eigenvalue weighted by Gasteiger charge is 2.06. The van der Waals surface area contributed by atoms with Crippen molar-refractivity contribution >= 4 is 0 Å². The highest BCUT2D eigenvalue weighted by molar-refractivity contribution is 5.62. The zero-order chi connectivity index (χ0) is 13.9. The zero-order valence-corrected chi connectivity index (χ0v) is 10.4. The van der Waals surface area contributed by atoms with E-state index in [9.17, 15) is 9.18 Å². The Kier molecular flexibility index (Phi) is 3.09. The maximum Gasteiger partial charge on any atom is 0.251 e. The average Bonchev–Trinajstić information content (AvgIpc) is 2.47. The van der Waals surface area contributed by atoms with E-state index in [0.29, 0.717) is 17.1 Å². The molecule has 1 aromatic carbocycles. The lowest BCUT2D eigenvalue weighted by atomic mass is 10.1. The van der Waals surface area contributed by atoms with Crippen LogP contribution in [0.25, 0.3) is 22.6 Å². The predicted octanol–water partition coefficient (Wildman–Crippen LogP) is 2.64. The van der Waals surface area contributed by atoms with Gasteiger partial charge in [0.1, 0.15) is 11.6 Å². The topological polar surface area (TPSA) is 58.6 Å². The molecule has 3 aromatic rings. The van der Waals surface area contributed by atoms with Crippen LogP contribution in [-0.2, 0) is 0 Å². The fourth-order valence-electron chi connectivity index (χ4n) is 1.89. The number of benzene rings is 1. The first-order valence-corrected chi connectivity index (χ1v) is 6.00. The Hall–Kier alpha value is -2.82. The van der Waals surface area contributed by atoms with Gasteiger partial charge in [0.2, 0.25) is 0 Å². The van der Waals surface area contributed by atoms with Gasteiger partial charge >= 0.3 is 0 Å². The molecule has 2 aromatic heterocycles. The number of hydrogen-bond acceptors (Lipinski definition) is 3. The van der Waals surface area contributed by atoms with Gasteiger partial charge < -0.3 is 4.98 Å². The molecule has 2 heterocycles. The number of aromatic amines is 1. The Morgan fingerprint density at radius 3 is 2.65 bits per heavy atom. The van der Waals surface area contributed by atoms with Gasteiger partial charge in [0.25, 0.3) is 5.56 Å². The van der Waals surface area contributed by atoms with Crippen LogP contribution in [0.5, 0.6) is 0 Å². The third-order valence-electron chi connectivity index (χ3n) is 2.80. The molecule has 0 spiro atoms. The summed E-state index contributed by atoms with van der Waals surface area (Å²) >= 11 is 0. The molecule has 0 saturated carbocycles. The molecule has 0 aliphatic heterocycles. The van der Waals surface area contributed by atoms with Crippen molar-refractivity contribution in [2.45, 2.75) is 0 Å². The van der Waals surface area contributed by atoms with Gasteiger partial charge in [-0.05, 0) is 24.3 Å². The summed E-state index contributed by atoms with van der Waals surface area (Å²) in [5.74, 6) is -0.0483. The second kappa shape index (κ2) is 5.05. The summed E-state index contributed by atoms with van der Waals surface area (Å²) in [6.07, 6.45) is 3.27. The molecule has 0 aliphatic carbocycles. The molecule has 3 rings (SSSR count). The van der Waals surface area contributed by atoms with E-state index in [2.05, 4.69) is 15.0 Å². The van der Waals surface area contributed by atoms with Crippen molar-refractivity contribution in [2.24, 2.45) is 0 Å². The van der Waals surface area contributed by atoms with E-state index in [4.69, 9.17) is 0 Å². The fraction of sp³-hybridized carbons (Fsp3) is 0. The standard InChI is InChI=1S/C15H10FN3O/c16-12-5-1-3-10(7-12)15-18-13(8-14(20)19-15)11-4-2-6-17-9-11/h1-9H,(H,18,19,20). The number of hydrogen-bond donors (Lipinski definition) is 1. The van der Waals surface area contributed by atoms with Crippen LogP contribution in [0.4, 0.5) is 4.39 Å². The number of pyridine rings is 1. The molecule has 0 amide bonds. The highest BCUT2D eigenvalue weighted by Crippen LogP contribution is 2.19. The number of halogens is 1. The smallest absolute Gasteiger partial charge is 0.251 e. The maximum absolute atomic E-state index is 13.2. The largest absolute Gasteiger partial charge is 0.306 e. The van der Waals surface area contributed by atoms with Gasteiger partial charge in [-0.25, -0.2) is 9.37 Å². The molecular weight excluding hydrogens is 257 g/mol. The molecule has 0 bridgehead atoms. The molecule has 4 nitrogen and oxygen atoms in total. The minimum absolute atomic E-state index is 0.293. The number of nitrogens with one attached hydrogen (secondary N) is 1. The van der Waals surface area contributed by atoms with E-state index in [1.165, 1.54) is 18.2 Å². The first-order chi connectivity index (χ1) is 9.72. The highest BCUT2D eigenvalue weighted by atomic mass is 19.1. The normalized spacial score (nSPS) is 10.4. The third kappa shape index (κ3) is 2.47. The molecule has 5 heteroatoms. The van der Waals surface area contributed by atoms with E-state index < -0.39 is 0 Å². The average molecular weight is 267 g/mol. The summed E-state index contributed by atoms with van der Waals surface area (Å²) < 4.78 is 13.2. The van der Waals surface area contributed by atoms with Crippen LogP contribution in [0.15, 0.2) is 59.7 Å². The number of aromatic nitrogens is 3. The lowest BCUT2D eigenvalue weighted by Crippen LogP contribution is -2.08. The maximum atomic E-state index is 13.2. The van der Waals surface area contributed by atoms with Gasteiger partial charge in [-0.1, -0.05) is 12.1 Å². The molecule has 0 aliphatic rings. The monoisotopic (exact) mass is 267 g/mol. The van der Waals surface area contributed by atoms with Gasteiger partial charge in [-0.15, -0.1) is 0 Å². The summed E-state index contributed by atoms with van der Waals surface area (Å²) in [7, 11) is 0. The lowest BCUT2D eigenvalue weighted by molar-refractivity contribution is 0.628. The van der Waals surface area contributed by atoms with Crippen LogP contribution in [0.2, 0.25) is 0 Å². The van der Waals surface area contributed by atoms with Crippen molar-refractivity contribution in [1.29, 1.82) is 0 Å². The summed E-state index contributed by atoms with van der Waals surface area (Å²) in [4.78, 5) is 22.7. The minimum atomic E-state index is -0.378. The number of H-pyrrole nitrogens is 1. The SMILES string of the molecule is O=c1cc(-c2cccnc2)nc(-c2cccc(F)c2)[nH]1. The Morgan fingerprint density at radius 1 is 1.05 bits per heavy atom. The van der Waals surface area contributed by atoms with Gasteiger partial charge in [-0.3, -0.25) is 9.78 Å². The van der Waals surface area contributed by atoms with E-state index in [1.54, 1.807) is 30.6 Å². The van der Waals surface area contributed by atoms with Crippen molar-refractivity contribution in [2.75, 3.05) is 0 Å². The first-order valence-electron chi connectivity index (χ1n) is 6.00. The molecule has 0 unspecified atom stereocenters. The van der Waals surface area contributed by atoms with Crippen LogP contribution >= 0.6 is 0 Å². The molecule has 98 valence electrons. The van der Waals surface area contributed by atoms with Crippen molar-refractivity contribution in [3.63, 3.8) is 0 Å². The van der Waals surface area contributed by atoms with Crippen LogP contribution < -0.4 is 5.56 Å². The van der Waals surface area contributed by atoms with Crippen LogP contribution in [0.3, 0.4) is 0 Å². The molecule has 0 saturated heterocycles. The second-order valence-electron chi connectivity index (χ2n) is 4.23. The van der Waals surface area contributed by atoms with E-state index in [1.807, 2.05) is 6.07 Å². The number of rotatable bonds is 2. The minimum Gasteiger partial charge on any atom is -0.306 e. The van der Waals surface area contributed by atoms with E-state index >= 15 is 0 Å². The van der Waals surface area contributed by atoms with Crippen molar-refractivity contribution < 1.29 is 4.39 Å². The molecule has 20 heavy (non-hydrogen) atoms.